The van der Waals surface area contributed by atoms with E-state index in [0.717, 1.165) is 27.7 Å². The van der Waals surface area contributed by atoms with Crippen molar-refractivity contribution >= 4 is 45.7 Å². The molecule has 0 saturated heterocycles. The van der Waals surface area contributed by atoms with E-state index < -0.39 is 0 Å². The van der Waals surface area contributed by atoms with Crippen LogP contribution in [0.4, 0.5) is 5.69 Å². The molecule has 7 heteroatoms. The molecule has 0 spiro atoms. The van der Waals surface area contributed by atoms with E-state index in [1.54, 1.807) is 24.3 Å². The van der Waals surface area contributed by atoms with E-state index in [1.165, 1.54) is 18.7 Å². The number of fused-ring (bicyclic) bond motifs is 3. The van der Waals surface area contributed by atoms with Crippen molar-refractivity contribution in [1.82, 2.24) is 14.6 Å². The number of pyridine rings is 1. The van der Waals surface area contributed by atoms with Crippen LogP contribution in [-0.4, -0.2) is 32.0 Å². The van der Waals surface area contributed by atoms with Crippen LogP contribution in [0.3, 0.4) is 0 Å². The highest BCUT2D eigenvalue weighted by molar-refractivity contribution is 7.99. The minimum atomic E-state index is -0.143. The summed E-state index contributed by atoms with van der Waals surface area (Å²) in [5, 5.41) is 13.2. The lowest BCUT2D eigenvalue weighted by Crippen LogP contribution is -2.07. The number of hydrogen-bond donors (Lipinski definition) is 1. The second-order valence-electron chi connectivity index (χ2n) is 6.94. The molecular formula is C22H20N4O2S. The lowest BCUT2D eigenvalue weighted by molar-refractivity contribution is -0.114. The maximum atomic E-state index is 12.6. The van der Waals surface area contributed by atoms with Gasteiger partial charge in [0.1, 0.15) is 0 Å². The van der Waals surface area contributed by atoms with Gasteiger partial charge in [0.25, 0.3) is 0 Å². The van der Waals surface area contributed by atoms with Gasteiger partial charge in [0.2, 0.25) is 5.91 Å². The highest BCUT2D eigenvalue weighted by atomic mass is 32.2. The molecule has 4 aromatic rings. The predicted octanol–water partition coefficient (Wildman–Crippen LogP) is 4.43. The molecule has 0 aliphatic rings. The van der Waals surface area contributed by atoms with Gasteiger partial charge < -0.3 is 5.32 Å². The summed E-state index contributed by atoms with van der Waals surface area (Å²) in [5.41, 5.74) is 5.40. The van der Waals surface area contributed by atoms with Gasteiger partial charge in [0, 0.05) is 23.6 Å². The second-order valence-corrected chi connectivity index (χ2v) is 7.89. The number of anilines is 1. The van der Waals surface area contributed by atoms with Crippen molar-refractivity contribution in [3.05, 3.63) is 65.2 Å². The molecule has 0 atom stereocenters. The van der Waals surface area contributed by atoms with Crippen molar-refractivity contribution in [3.8, 4) is 0 Å². The largest absolute Gasteiger partial charge is 0.326 e. The number of ketones is 1. The molecule has 1 N–H and O–H groups in total. The summed E-state index contributed by atoms with van der Waals surface area (Å²) in [6, 6.07) is 15.1. The Hall–Kier alpha value is -3.19. The van der Waals surface area contributed by atoms with Crippen molar-refractivity contribution in [3.63, 3.8) is 0 Å². The molecule has 2 aromatic heterocycles. The van der Waals surface area contributed by atoms with Crippen molar-refractivity contribution in [2.24, 2.45) is 0 Å². The summed E-state index contributed by atoms with van der Waals surface area (Å²) in [5.74, 6) is 0.104. The Labute approximate surface area is 172 Å². The number of benzene rings is 2. The first-order chi connectivity index (χ1) is 13.9. The Morgan fingerprint density at radius 3 is 2.52 bits per heavy atom. The number of aryl methyl sites for hydroxylation is 2. The van der Waals surface area contributed by atoms with E-state index in [0.29, 0.717) is 16.4 Å². The number of aromatic nitrogens is 3. The number of amides is 1. The second kappa shape index (κ2) is 7.67. The molecule has 29 heavy (non-hydrogen) atoms. The molecule has 146 valence electrons. The molecule has 1 amide bonds. The Morgan fingerprint density at radius 2 is 1.79 bits per heavy atom. The highest BCUT2D eigenvalue weighted by Gasteiger charge is 2.15. The van der Waals surface area contributed by atoms with Gasteiger partial charge in [0.05, 0.1) is 11.3 Å². The topological polar surface area (TPSA) is 76.4 Å². The van der Waals surface area contributed by atoms with Gasteiger partial charge in [-0.05, 0) is 55.3 Å². The summed E-state index contributed by atoms with van der Waals surface area (Å²) in [7, 11) is 0. The first-order valence-corrected chi connectivity index (χ1v) is 10.2. The number of carbonyl (C=O) groups excluding carboxylic acids is 2. The molecule has 0 aliphatic heterocycles. The third kappa shape index (κ3) is 3.73. The zero-order chi connectivity index (χ0) is 20.5. The monoisotopic (exact) mass is 404 g/mol. The van der Waals surface area contributed by atoms with Crippen molar-refractivity contribution in [1.29, 1.82) is 0 Å². The van der Waals surface area contributed by atoms with Crippen LogP contribution in [-0.2, 0) is 4.79 Å². The Kier molecular flexibility index (Phi) is 5.07. The minimum Gasteiger partial charge on any atom is -0.326 e. The third-order valence-electron chi connectivity index (χ3n) is 4.75. The van der Waals surface area contributed by atoms with Crippen molar-refractivity contribution in [2.75, 3.05) is 11.1 Å². The van der Waals surface area contributed by atoms with Crippen molar-refractivity contribution in [2.45, 2.75) is 25.9 Å². The molecule has 0 bridgehead atoms. The van der Waals surface area contributed by atoms with Crippen LogP contribution >= 0.6 is 11.8 Å². The van der Waals surface area contributed by atoms with E-state index >= 15 is 0 Å². The fourth-order valence-electron chi connectivity index (χ4n) is 3.38. The fourth-order valence-corrected chi connectivity index (χ4v) is 4.22. The highest BCUT2D eigenvalue weighted by Crippen LogP contribution is 2.28. The maximum absolute atomic E-state index is 12.6. The van der Waals surface area contributed by atoms with Gasteiger partial charge >= 0.3 is 0 Å². The Balaban J connectivity index is 1.60. The number of hydrogen-bond acceptors (Lipinski definition) is 5. The maximum Gasteiger partial charge on any atom is 0.221 e. The first kappa shape index (κ1) is 19.1. The summed E-state index contributed by atoms with van der Waals surface area (Å²) >= 11 is 1.37. The molecule has 0 unspecified atom stereocenters. The molecular weight excluding hydrogens is 384 g/mol. The van der Waals surface area contributed by atoms with Crippen LogP contribution in [0.15, 0.2) is 53.7 Å². The average molecular weight is 404 g/mol. The first-order valence-electron chi connectivity index (χ1n) is 9.22. The average Bonchev–Trinajstić information content (AvgIpc) is 3.09. The number of nitrogens with zero attached hydrogens (tertiary/aromatic N) is 3. The number of carbonyl (C=O) groups is 2. The standard InChI is InChI=1S/C22H20N4O2S/c1-13-5-4-6-18-14(2)11-20-24-25-22(26(20)21(13)18)29-12-19(28)16-7-9-17(10-8-16)23-15(3)27/h4-11H,12H2,1-3H3,(H,23,27). The van der Waals surface area contributed by atoms with Gasteiger partial charge in [-0.3, -0.25) is 14.0 Å². The zero-order valence-corrected chi connectivity index (χ0v) is 17.2. The number of nitrogens with one attached hydrogen (secondary N) is 1. The Morgan fingerprint density at radius 1 is 1.03 bits per heavy atom. The van der Waals surface area contributed by atoms with Crippen LogP contribution in [0.2, 0.25) is 0 Å². The van der Waals surface area contributed by atoms with Gasteiger partial charge in [0.15, 0.2) is 16.6 Å². The molecule has 0 radical (unpaired) electrons. The quantitative estimate of drug-likeness (QED) is 0.393. The SMILES string of the molecule is CC(=O)Nc1ccc(C(=O)CSc2nnc3cc(C)c4cccc(C)c4n23)cc1. The Bertz CT molecular complexity index is 1250. The van der Waals surface area contributed by atoms with Crippen molar-refractivity contribution < 1.29 is 9.59 Å². The van der Waals surface area contributed by atoms with Gasteiger partial charge in [-0.15, -0.1) is 10.2 Å². The van der Waals surface area contributed by atoms with E-state index in [2.05, 4.69) is 41.5 Å². The number of rotatable bonds is 5. The minimum absolute atomic E-state index is 0.00531. The molecule has 2 heterocycles. The van der Waals surface area contributed by atoms with Gasteiger partial charge in [-0.2, -0.15) is 0 Å². The fraction of sp³-hybridized carbons (Fsp3) is 0.182. The van der Waals surface area contributed by atoms with Gasteiger partial charge in [-0.25, -0.2) is 0 Å². The predicted molar refractivity (Wildman–Crippen MR) is 116 cm³/mol. The zero-order valence-electron chi connectivity index (χ0n) is 16.4. The number of thioether (sulfide) groups is 1. The van der Waals surface area contributed by atoms with E-state index in [4.69, 9.17) is 0 Å². The van der Waals surface area contributed by atoms with Crippen LogP contribution in [0.25, 0.3) is 16.6 Å². The molecule has 2 aromatic carbocycles. The molecule has 0 fully saturated rings. The van der Waals surface area contributed by atoms with E-state index in [1.807, 2.05) is 16.5 Å². The molecule has 0 aliphatic carbocycles. The van der Waals surface area contributed by atoms with Crippen LogP contribution in [0, 0.1) is 13.8 Å². The number of para-hydroxylation sites is 1. The van der Waals surface area contributed by atoms with E-state index in [-0.39, 0.29) is 17.4 Å². The summed E-state index contributed by atoms with van der Waals surface area (Å²) in [4.78, 5) is 23.7. The lowest BCUT2D eigenvalue weighted by atomic mass is 10.1. The molecule has 4 rings (SSSR count). The van der Waals surface area contributed by atoms with Crippen LogP contribution < -0.4 is 5.32 Å². The van der Waals surface area contributed by atoms with Crippen LogP contribution in [0.1, 0.15) is 28.4 Å². The van der Waals surface area contributed by atoms with E-state index in [9.17, 15) is 9.59 Å². The summed E-state index contributed by atoms with van der Waals surface area (Å²) < 4.78 is 2.02. The molecule has 0 saturated carbocycles. The third-order valence-corrected chi connectivity index (χ3v) is 5.68. The summed E-state index contributed by atoms with van der Waals surface area (Å²) in [6.07, 6.45) is 0. The summed E-state index contributed by atoms with van der Waals surface area (Å²) in [6.45, 7) is 5.58. The van der Waals surface area contributed by atoms with Gasteiger partial charge in [-0.1, -0.05) is 30.0 Å². The van der Waals surface area contributed by atoms with Crippen LogP contribution in [0.5, 0.6) is 0 Å². The number of Topliss-reactive ketones (excluding diaryl/α,β-unsaturated/α-hetero) is 1. The molecule has 6 nitrogen and oxygen atoms in total. The lowest BCUT2D eigenvalue weighted by Gasteiger charge is -2.10. The smallest absolute Gasteiger partial charge is 0.221 e. The normalized spacial score (nSPS) is 11.1.